The molecule has 0 radical (unpaired) electrons. The molecule has 3 heterocycles. The van der Waals surface area contributed by atoms with Crippen molar-refractivity contribution in [1.82, 2.24) is 14.0 Å². The molecule has 6 heteroatoms. The summed E-state index contributed by atoms with van der Waals surface area (Å²) in [6.07, 6.45) is 4.51. The van der Waals surface area contributed by atoms with Gasteiger partial charge in [-0.2, -0.15) is 0 Å². The van der Waals surface area contributed by atoms with Crippen LogP contribution in [0.15, 0.2) is 41.3 Å². The van der Waals surface area contributed by atoms with Gasteiger partial charge in [-0.05, 0) is 62.7 Å². The van der Waals surface area contributed by atoms with Crippen LogP contribution < -0.4 is 5.56 Å². The van der Waals surface area contributed by atoms with Crippen molar-refractivity contribution in [3.05, 3.63) is 68.2 Å². The van der Waals surface area contributed by atoms with Crippen molar-refractivity contribution in [2.24, 2.45) is 0 Å². The van der Waals surface area contributed by atoms with Gasteiger partial charge in [-0.15, -0.1) is 0 Å². The average molecular weight is 404 g/mol. The first-order valence-electron chi connectivity index (χ1n) is 9.38. The van der Waals surface area contributed by atoms with E-state index in [9.17, 15) is 4.79 Å². The van der Waals surface area contributed by atoms with E-state index in [1.54, 1.807) is 0 Å². The van der Waals surface area contributed by atoms with Gasteiger partial charge in [0, 0.05) is 31.5 Å². The third kappa shape index (κ3) is 3.79. The molecule has 1 saturated heterocycles. The van der Waals surface area contributed by atoms with Crippen LogP contribution >= 0.6 is 23.2 Å². The number of hydrogen-bond donors (Lipinski definition) is 0. The highest BCUT2D eigenvalue weighted by atomic mass is 35.5. The van der Waals surface area contributed by atoms with Gasteiger partial charge >= 0.3 is 0 Å². The summed E-state index contributed by atoms with van der Waals surface area (Å²) in [5, 5.41) is 1.86. The Bertz CT molecular complexity index is 1030. The fourth-order valence-electron chi connectivity index (χ4n) is 3.91. The molecule has 0 saturated carbocycles. The van der Waals surface area contributed by atoms with E-state index >= 15 is 0 Å². The molecule has 1 aliphatic heterocycles. The van der Waals surface area contributed by atoms with E-state index in [1.807, 2.05) is 42.0 Å². The van der Waals surface area contributed by atoms with E-state index in [-0.39, 0.29) is 5.56 Å². The number of halogens is 2. The van der Waals surface area contributed by atoms with E-state index in [0.717, 1.165) is 48.3 Å². The molecule has 4 nitrogen and oxygen atoms in total. The molecular formula is C21H23Cl2N3O. The molecule has 142 valence electrons. The molecule has 0 N–H and O–H groups in total. The van der Waals surface area contributed by atoms with Gasteiger partial charge in [0.25, 0.3) is 5.56 Å². The minimum absolute atomic E-state index is 0.0945. The molecule has 0 aliphatic carbocycles. The first kappa shape index (κ1) is 18.6. The van der Waals surface area contributed by atoms with Crippen molar-refractivity contribution >= 4 is 34.1 Å². The minimum atomic E-state index is 0.0945. The molecule has 0 bridgehead atoms. The second kappa shape index (κ2) is 7.70. The van der Waals surface area contributed by atoms with E-state index < -0.39 is 0 Å². The van der Waals surface area contributed by atoms with Gasteiger partial charge < -0.3 is 14.0 Å². The smallest absolute Gasteiger partial charge is 0.260 e. The van der Waals surface area contributed by atoms with Gasteiger partial charge in [0.1, 0.15) is 0 Å². The molecule has 4 rings (SSSR count). The van der Waals surface area contributed by atoms with Crippen LogP contribution in [0.5, 0.6) is 0 Å². The third-order valence-electron chi connectivity index (χ3n) is 5.43. The lowest BCUT2D eigenvalue weighted by Crippen LogP contribution is -2.30. The summed E-state index contributed by atoms with van der Waals surface area (Å²) in [6, 6.07) is 9.67. The number of nitrogens with zero attached hydrogens (tertiary/aromatic N) is 3. The second-order valence-corrected chi connectivity index (χ2v) is 8.10. The second-order valence-electron chi connectivity index (χ2n) is 7.28. The molecule has 0 spiro atoms. The summed E-state index contributed by atoms with van der Waals surface area (Å²) >= 11 is 12.1. The molecule has 0 unspecified atom stereocenters. The Morgan fingerprint density at radius 1 is 1.00 bits per heavy atom. The molecule has 1 fully saturated rings. The van der Waals surface area contributed by atoms with Gasteiger partial charge in [0.2, 0.25) is 0 Å². The molecule has 1 aliphatic rings. The Kier molecular flexibility index (Phi) is 5.31. The summed E-state index contributed by atoms with van der Waals surface area (Å²) in [5.74, 6) is 0. The van der Waals surface area contributed by atoms with E-state index in [1.165, 1.54) is 12.8 Å². The van der Waals surface area contributed by atoms with Crippen molar-refractivity contribution in [3.8, 4) is 0 Å². The zero-order chi connectivity index (χ0) is 19.0. The fourth-order valence-corrected chi connectivity index (χ4v) is 4.23. The highest BCUT2D eigenvalue weighted by Gasteiger charge is 2.14. The molecule has 0 atom stereocenters. The van der Waals surface area contributed by atoms with Gasteiger partial charge in [0.15, 0.2) is 0 Å². The van der Waals surface area contributed by atoms with Crippen LogP contribution in [0.4, 0.5) is 0 Å². The zero-order valence-corrected chi connectivity index (χ0v) is 16.9. The maximum absolute atomic E-state index is 13.0. The maximum atomic E-state index is 13.0. The lowest BCUT2D eigenvalue weighted by molar-refractivity contribution is 0.319. The average Bonchev–Trinajstić information content (AvgIpc) is 3.29. The van der Waals surface area contributed by atoms with Crippen LogP contribution in [-0.2, 0) is 13.1 Å². The lowest BCUT2D eigenvalue weighted by Gasteiger charge is -2.17. The van der Waals surface area contributed by atoms with Crippen molar-refractivity contribution in [3.63, 3.8) is 0 Å². The Balaban J connectivity index is 1.62. The third-order valence-corrected chi connectivity index (χ3v) is 6.17. The van der Waals surface area contributed by atoms with Gasteiger partial charge in [0.05, 0.1) is 20.9 Å². The standard InChI is InChI=1S/C21H23Cl2N3O/c1-15-12-20-17(21(27)26(15)11-10-24-7-2-3-8-24)6-9-25(20)14-16-4-5-18(22)19(23)13-16/h4-6,9,12-13H,2-3,7-8,10-11,14H2,1H3. The molecule has 2 aromatic heterocycles. The van der Waals surface area contributed by atoms with E-state index in [4.69, 9.17) is 23.2 Å². The monoisotopic (exact) mass is 403 g/mol. The van der Waals surface area contributed by atoms with Crippen LogP contribution in [0.2, 0.25) is 10.0 Å². The Morgan fingerprint density at radius 3 is 2.52 bits per heavy atom. The highest BCUT2D eigenvalue weighted by Crippen LogP contribution is 2.24. The minimum Gasteiger partial charge on any atom is -0.343 e. The van der Waals surface area contributed by atoms with Crippen molar-refractivity contribution < 1.29 is 0 Å². The van der Waals surface area contributed by atoms with Crippen molar-refractivity contribution in [1.29, 1.82) is 0 Å². The summed E-state index contributed by atoms with van der Waals surface area (Å²) in [5.41, 5.74) is 3.11. The fraction of sp³-hybridized carbons (Fsp3) is 0.381. The van der Waals surface area contributed by atoms with Crippen LogP contribution in [0.25, 0.3) is 10.9 Å². The number of hydrogen-bond acceptors (Lipinski definition) is 2. The van der Waals surface area contributed by atoms with Crippen LogP contribution in [0.3, 0.4) is 0 Å². The number of benzene rings is 1. The predicted octanol–water partition coefficient (Wildman–Crippen LogP) is 4.56. The van der Waals surface area contributed by atoms with Crippen LogP contribution in [0, 0.1) is 6.92 Å². The summed E-state index contributed by atoms with van der Waals surface area (Å²) < 4.78 is 4.00. The number of likely N-dealkylation sites (tertiary alicyclic amines) is 1. The number of rotatable bonds is 5. The van der Waals surface area contributed by atoms with Crippen molar-refractivity contribution in [2.75, 3.05) is 19.6 Å². The predicted molar refractivity (Wildman–Crippen MR) is 112 cm³/mol. The van der Waals surface area contributed by atoms with Gasteiger partial charge in [-0.1, -0.05) is 29.3 Å². The quantitative estimate of drug-likeness (QED) is 0.624. The Morgan fingerprint density at radius 2 is 1.78 bits per heavy atom. The topological polar surface area (TPSA) is 30.2 Å². The SMILES string of the molecule is Cc1cc2c(ccn2Cc2ccc(Cl)c(Cl)c2)c(=O)n1CCN1CCCC1. The number of aryl methyl sites for hydroxylation is 1. The van der Waals surface area contributed by atoms with Gasteiger partial charge in [-0.25, -0.2) is 0 Å². The first-order valence-corrected chi connectivity index (χ1v) is 10.1. The molecule has 0 amide bonds. The highest BCUT2D eigenvalue weighted by molar-refractivity contribution is 6.42. The molecule has 27 heavy (non-hydrogen) atoms. The Labute approximate surface area is 168 Å². The summed E-state index contributed by atoms with van der Waals surface area (Å²) in [4.78, 5) is 15.4. The normalized spacial score (nSPS) is 15.1. The van der Waals surface area contributed by atoms with Crippen molar-refractivity contribution in [2.45, 2.75) is 32.9 Å². The van der Waals surface area contributed by atoms with Crippen LogP contribution in [-0.4, -0.2) is 33.7 Å². The zero-order valence-electron chi connectivity index (χ0n) is 15.4. The van der Waals surface area contributed by atoms with Crippen LogP contribution in [0.1, 0.15) is 24.1 Å². The van der Waals surface area contributed by atoms with E-state index in [2.05, 4.69) is 15.5 Å². The van der Waals surface area contributed by atoms with Gasteiger partial charge in [-0.3, -0.25) is 4.79 Å². The van der Waals surface area contributed by atoms with E-state index in [0.29, 0.717) is 16.6 Å². The summed E-state index contributed by atoms with van der Waals surface area (Å²) in [7, 11) is 0. The largest absolute Gasteiger partial charge is 0.343 e. The number of aromatic nitrogens is 2. The number of fused-ring (bicyclic) bond motifs is 1. The molecular weight excluding hydrogens is 381 g/mol. The maximum Gasteiger partial charge on any atom is 0.260 e. The number of pyridine rings is 1. The lowest BCUT2D eigenvalue weighted by atomic mass is 10.2. The first-order chi connectivity index (χ1) is 13.0. The summed E-state index contributed by atoms with van der Waals surface area (Å²) in [6.45, 7) is 6.65. The Hall–Kier alpha value is -1.75. The molecule has 3 aromatic rings. The molecule has 1 aromatic carbocycles.